The Morgan fingerprint density at radius 1 is 0.224 bits per heavy atom. The zero-order valence-corrected chi connectivity index (χ0v) is 81.3. The second-order valence-electron chi connectivity index (χ2n) is 33.5. The highest BCUT2D eigenvalue weighted by atomic mass is 31.2. The molecule has 718 valence electrons. The molecule has 0 heterocycles. The molecule has 0 fully saturated rings. The number of carbonyl (C=O) groups excluding carboxylic acids is 3. The second kappa shape index (κ2) is 98.0. The van der Waals surface area contributed by atoms with Crippen LogP contribution < -0.4 is 0 Å². The van der Waals surface area contributed by atoms with Gasteiger partial charge in [0.05, 0.1) is 26.4 Å². The van der Waals surface area contributed by atoms with Crippen LogP contribution in [0.5, 0.6) is 0 Å². The average molecular weight is 1790 g/mol. The standard InChI is InChI=1S/C107H184O16P2/c1-4-7-10-13-16-19-22-25-28-31-34-36-38-40-42-44-46-48-50-52-54-56-58-60-62-64-67-69-72-75-78-81-84-87-90-93-105(110)117-96-102(108)97-119-124(113,114)120-98-103(109)99-121-125(115,116)122-101-104(123-107(112)95-92-89-86-83-80-77-74-71-66-33-30-27-24-21-18-15-12-9-6-3)100-118-106(111)94-91-88-85-82-79-76-73-70-68-65-63-61-59-57-55-53-51-49-47-45-43-41-39-37-35-32-29-26-23-20-17-14-11-8-5-2/h7-12,16-21,25-30,34-37,40-43,66,71,102-104,108-109H,4-6,13-15,22-24,31-33,38-39,44-65,67-70,72-101H2,1-3H3,(H,113,114)(H,115,116)/b10-7-,11-8-,12-9-,19-16-,20-17-,21-18-,28-25-,29-26-,30-27-,36-34-,37-35-,42-40-,43-41-,71-66-. The molecule has 5 atom stereocenters. The topological polar surface area (TPSA) is 231 Å². The van der Waals surface area contributed by atoms with Gasteiger partial charge in [-0.1, -0.05) is 435 Å². The van der Waals surface area contributed by atoms with Crippen molar-refractivity contribution in [3.63, 3.8) is 0 Å². The van der Waals surface area contributed by atoms with E-state index in [2.05, 4.69) is 191 Å². The van der Waals surface area contributed by atoms with Crippen molar-refractivity contribution in [2.24, 2.45) is 0 Å². The number of esters is 3. The number of aliphatic hydroxyl groups excluding tert-OH is 2. The van der Waals surface area contributed by atoms with Crippen LogP contribution in [0.3, 0.4) is 0 Å². The molecule has 0 saturated heterocycles. The van der Waals surface area contributed by atoms with Gasteiger partial charge >= 0.3 is 33.6 Å². The summed E-state index contributed by atoms with van der Waals surface area (Å²) in [6.45, 7) is 2.40. The van der Waals surface area contributed by atoms with Gasteiger partial charge in [0.25, 0.3) is 0 Å². The number of ether oxygens (including phenoxy) is 3. The number of unbranched alkanes of at least 4 members (excludes halogenated alkanes) is 44. The van der Waals surface area contributed by atoms with Gasteiger partial charge in [0, 0.05) is 19.3 Å². The monoisotopic (exact) mass is 1790 g/mol. The van der Waals surface area contributed by atoms with Crippen molar-refractivity contribution in [2.45, 2.75) is 450 Å². The maximum Gasteiger partial charge on any atom is 0.472 e. The number of hydrogen-bond donors (Lipinski definition) is 4. The van der Waals surface area contributed by atoms with E-state index in [4.69, 9.17) is 32.3 Å². The van der Waals surface area contributed by atoms with E-state index in [1.54, 1.807) is 0 Å². The van der Waals surface area contributed by atoms with Crippen LogP contribution >= 0.6 is 15.6 Å². The maximum absolute atomic E-state index is 13.1. The van der Waals surface area contributed by atoms with Gasteiger partial charge in [0.2, 0.25) is 0 Å². The number of phosphoric acid groups is 2. The predicted molar refractivity (Wildman–Crippen MR) is 528 cm³/mol. The van der Waals surface area contributed by atoms with Gasteiger partial charge in [-0.25, -0.2) is 9.13 Å². The molecule has 4 N–H and O–H groups in total. The van der Waals surface area contributed by atoms with E-state index >= 15 is 0 Å². The smallest absolute Gasteiger partial charge is 0.463 e. The highest BCUT2D eigenvalue weighted by Crippen LogP contribution is 2.45. The molecule has 125 heavy (non-hydrogen) atoms. The molecule has 0 saturated carbocycles. The van der Waals surface area contributed by atoms with Crippen molar-refractivity contribution in [3.05, 3.63) is 170 Å². The van der Waals surface area contributed by atoms with Gasteiger partial charge in [0.15, 0.2) is 6.10 Å². The Morgan fingerprint density at radius 3 is 0.632 bits per heavy atom. The van der Waals surface area contributed by atoms with Crippen LogP contribution in [0.2, 0.25) is 0 Å². The van der Waals surface area contributed by atoms with Gasteiger partial charge in [-0.15, -0.1) is 0 Å². The molecular weight excluding hydrogens is 1600 g/mol. The first kappa shape index (κ1) is 120. The molecule has 0 rings (SSSR count). The lowest BCUT2D eigenvalue weighted by molar-refractivity contribution is -0.161. The van der Waals surface area contributed by atoms with Crippen LogP contribution in [0.15, 0.2) is 170 Å². The third-order valence-electron chi connectivity index (χ3n) is 21.4. The lowest BCUT2D eigenvalue weighted by atomic mass is 10.0. The first-order valence-electron chi connectivity index (χ1n) is 50.4. The fourth-order valence-corrected chi connectivity index (χ4v) is 15.5. The van der Waals surface area contributed by atoms with Crippen LogP contribution in [0.4, 0.5) is 0 Å². The Kier molecular flexibility index (Phi) is 94.0. The normalized spacial score (nSPS) is 14.4. The van der Waals surface area contributed by atoms with Crippen LogP contribution in [0.25, 0.3) is 0 Å². The molecule has 0 aliphatic heterocycles. The highest BCUT2D eigenvalue weighted by Gasteiger charge is 2.30. The van der Waals surface area contributed by atoms with Gasteiger partial charge in [-0.05, 0) is 148 Å². The Hall–Kier alpha value is -5.09. The van der Waals surface area contributed by atoms with E-state index in [1.807, 2.05) is 0 Å². The van der Waals surface area contributed by atoms with Crippen molar-refractivity contribution < 1.29 is 75.8 Å². The summed E-state index contributed by atoms with van der Waals surface area (Å²) >= 11 is 0. The number of carbonyl (C=O) groups is 3. The van der Waals surface area contributed by atoms with Gasteiger partial charge in [-0.3, -0.25) is 32.5 Å². The quantitative estimate of drug-likeness (QED) is 0.0146. The Balaban J connectivity index is 4.47. The zero-order chi connectivity index (χ0) is 90.7. The van der Waals surface area contributed by atoms with Crippen LogP contribution in [-0.4, -0.2) is 95.9 Å². The van der Waals surface area contributed by atoms with E-state index in [-0.39, 0.29) is 19.3 Å². The van der Waals surface area contributed by atoms with Crippen molar-refractivity contribution in [1.82, 2.24) is 0 Å². The molecule has 0 aromatic rings. The Bertz CT molecular complexity index is 2950. The van der Waals surface area contributed by atoms with E-state index in [9.17, 15) is 43.5 Å². The molecule has 0 spiro atoms. The average Bonchev–Trinajstić information content (AvgIpc) is 0.893. The fourth-order valence-electron chi connectivity index (χ4n) is 13.9. The minimum Gasteiger partial charge on any atom is -0.463 e. The Morgan fingerprint density at radius 2 is 0.400 bits per heavy atom. The van der Waals surface area contributed by atoms with Crippen LogP contribution in [0, 0.1) is 0 Å². The first-order chi connectivity index (χ1) is 61.2. The minimum atomic E-state index is -4.95. The molecular formula is C107H184O16P2. The summed E-state index contributed by atoms with van der Waals surface area (Å²) in [5, 5.41) is 20.8. The van der Waals surface area contributed by atoms with Crippen molar-refractivity contribution >= 4 is 33.6 Å². The van der Waals surface area contributed by atoms with Gasteiger partial charge < -0.3 is 34.2 Å². The third-order valence-corrected chi connectivity index (χ3v) is 23.3. The molecule has 0 bridgehead atoms. The summed E-state index contributed by atoms with van der Waals surface area (Å²) in [6, 6.07) is 0. The number of phosphoric ester groups is 2. The number of hydrogen-bond acceptors (Lipinski definition) is 14. The molecule has 0 amide bonds. The molecule has 5 unspecified atom stereocenters. The molecule has 0 aromatic heterocycles. The summed E-state index contributed by atoms with van der Waals surface area (Å²) in [5.41, 5.74) is 0. The first-order valence-corrected chi connectivity index (χ1v) is 53.4. The van der Waals surface area contributed by atoms with E-state index in [0.29, 0.717) is 19.3 Å². The van der Waals surface area contributed by atoms with Crippen molar-refractivity contribution in [1.29, 1.82) is 0 Å². The fraction of sp³-hybridized carbons (Fsp3) is 0.710. The molecule has 16 nitrogen and oxygen atoms in total. The van der Waals surface area contributed by atoms with E-state index in [1.165, 1.54) is 205 Å². The lowest BCUT2D eigenvalue weighted by Crippen LogP contribution is -2.30. The minimum absolute atomic E-state index is 0.0871. The number of rotatable bonds is 95. The van der Waals surface area contributed by atoms with Crippen LogP contribution in [0.1, 0.15) is 432 Å². The number of aliphatic hydroxyl groups is 2. The second-order valence-corrected chi connectivity index (χ2v) is 36.4. The largest absolute Gasteiger partial charge is 0.472 e. The third kappa shape index (κ3) is 99.3. The highest BCUT2D eigenvalue weighted by molar-refractivity contribution is 7.47. The van der Waals surface area contributed by atoms with Gasteiger partial charge in [0.1, 0.15) is 25.4 Å². The molecule has 18 heteroatoms. The van der Waals surface area contributed by atoms with Crippen molar-refractivity contribution in [2.75, 3.05) is 39.6 Å². The lowest BCUT2D eigenvalue weighted by Gasteiger charge is -2.21. The SMILES string of the molecule is CC/C=C\C/C=C\C/C=C\C/C=C\C/C=C\CCCCCCCCCCCCCCCCCCCCCC(=O)OCC(O)COP(=O)(O)OCC(O)COP(=O)(O)OCC(COC(=O)CCCCCCCCCCCCCCCCCCCCC/C=C\C/C=C\C/C=C\C/C=C\C/C=C\CC)OC(=O)CCCCCCCC/C=C\C/C=C\C/C=C\C/C=C\CC. The van der Waals surface area contributed by atoms with Crippen LogP contribution in [-0.2, 0) is 55.8 Å². The Labute approximate surface area is 764 Å². The molecule has 0 aliphatic rings. The van der Waals surface area contributed by atoms with Crippen molar-refractivity contribution in [3.8, 4) is 0 Å². The summed E-state index contributed by atoms with van der Waals surface area (Å²) in [4.78, 5) is 59.1. The van der Waals surface area contributed by atoms with E-state index < -0.39 is 91.5 Å². The number of allylic oxidation sites excluding steroid dienone is 28. The summed E-state index contributed by atoms with van der Waals surface area (Å²) < 4.78 is 61.6. The zero-order valence-electron chi connectivity index (χ0n) is 79.5. The summed E-state index contributed by atoms with van der Waals surface area (Å²) in [7, 11) is -9.82. The molecule has 0 radical (unpaired) electrons. The molecule has 0 aromatic carbocycles. The predicted octanol–water partition coefficient (Wildman–Crippen LogP) is 31.8. The molecule has 0 aliphatic carbocycles. The summed E-state index contributed by atoms with van der Waals surface area (Å²) in [5.74, 6) is -1.57. The van der Waals surface area contributed by atoms with Gasteiger partial charge in [-0.2, -0.15) is 0 Å². The summed E-state index contributed by atoms with van der Waals surface area (Å²) in [6.07, 6.45) is 129. The maximum atomic E-state index is 13.1. The van der Waals surface area contributed by atoms with E-state index in [0.717, 1.165) is 167 Å².